The molecule has 2 heteroatoms. The van der Waals surface area contributed by atoms with E-state index in [9.17, 15) is 0 Å². The van der Waals surface area contributed by atoms with Crippen LogP contribution in [0.25, 0.3) is 23.3 Å². The van der Waals surface area contributed by atoms with Crippen molar-refractivity contribution in [2.45, 2.75) is 0 Å². The Morgan fingerprint density at radius 1 is 1.00 bits per heavy atom. The van der Waals surface area contributed by atoms with Crippen molar-refractivity contribution >= 4 is 17.8 Å². The highest BCUT2D eigenvalue weighted by Crippen LogP contribution is 2.30. The molecule has 2 aliphatic rings. The topological polar surface area (TPSA) is 25.2 Å². The summed E-state index contributed by atoms with van der Waals surface area (Å²) in [5, 5.41) is 1.19. The smallest absolute Gasteiger partial charge is 0.161 e. The summed E-state index contributed by atoms with van der Waals surface area (Å²) < 4.78 is 0. The molecule has 0 atom stereocenters. The number of benzene rings is 1. The molecule has 0 fully saturated rings. The average Bonchev–Trinajstić information content (AvgIpc) is 2.88. The van der Waals surface area contributed by atoms with Crippen molar-refractivity contribution in [2.24, 2.45) is 4.99 Å². The molecule has 0 saturated heterocycles. The number of hydrogen-bond donors (Lipinski definition) is 0. The van der Waals surface area contributed by atoms with Gasteiger partial charge in [-0.15, -0.1) is 0 Å². The molecule has 1 aromatic heterocycles. The van der Waals surface area contributed by atoms with Gasteiger partial charge in [-0.05, 0) is 18.2 Å². The van der Waals surface area contributed by atoms with E-state index in [1.54, 1.807) is 0 Å². The summed E-state index contributed by atoms with van der Waals surface area (Å²) in [6, 6.07) is 10.3. The van der Waals surface area contributed by atoms with Crippen LogP contribution in [-0.2, 0) is 0 Å². The maximum Gasteiger partial charge on any atom is 0.161 e. The Balaban J connectivity index is 2.15. The molecule has 0 N–H and O–H groups in total. The maximum atomic E-state index is 4.56. The summed E-state index contributed by atoms with van der Waals surface area (Å²) in [6.07, 6.45) is 6.14. The average molecular weight is 204 g/mol. The van der Waals surface area contributed by atoms with Crippen molar-refractivity contribution in [3.63, 3.8) is 0 Å². The van der Waals surface area contributed by atoms with Gasteiger partial charge in [0.25, 0.3) is 0 Å². The van der Waals surface area contributed by atoms with Crippen molar-refractivity contribution in [3.8, 4) is 11.1 Å². The minimum Gasteiger partial charge on any atom is -0.228 e. The van der Waals surface area contributed by atoms with Gasteiger partial charge >= 0.3 is 0 Å². The fraction of sp³-hybridized carbons (Fsp3) is 0. The number of aromatic nitrogens is 1. The van der Waals surface area contributed by atoms with Crippen molar-refractivity contribution in [1.82, 2.24) is 4.98 Å². The quantitative estimate of drug-likeness (QED) is 0.548. The molecule has 4 rings (SSSR count). The van der Waals surface area contributed by atoms with Gasteiger partial charge in [-0.25, -0.2) is 9.98 Å². The van der Waals surface area contributed by atoms with Crippen LogP contribution in [0.4, 0.5) is 5.69 Å². The van der Waals surface area contributed by atoms with Crippen LogP contribution >= 0.6 is 0 Å². The minimum absolute atomic E-state index is 0.847. The number of nitrogens with zero attached hydrogens (tertiary/aromatic N) is 2. The highest BCUT2D eigenvalue weighted by Gasteiger charge is 2.15. The molecule has 0 saturated carbocycles. The SMILES string of the molecule is C1=Cc2nc3c(cc2=C1)-c1ccccc1N=3. The second kappa shape index (κ2) is 2.67. The Kier molecular flexibility index (Phi) is 1.33. The van der Waals surface area contributed by atoms with Gasteiger partial charge < -0.3 is 0 Å². The first-order valence-electron chi connectivity index (χ1n) is 5.29. The molecular formula is C14H8N2. The fourth-order valence-electron chi connectivity index (χ4n) is 2.24. The number of hydrogen-bond acceptors (Lipinski definition) is 2. The van der Waals surface area contributed by atoms with E-state index < -0.39 is 0 Å². The van der Waals surface area contributed by atoms with E-state index in [-0.39, 0.29) is 0 Å². The highest BCUT2D eigenvalue weighted by atomic mass is 14.9. The summed E-state index contributed by atoms with van der Waals surface area (Å²) in [5.41, 5.74) is 5.23. The number of allylic oxidation sites excluding steroid dienone is 1. The largest absolute Gasteiger partial charge is 0.228 e. The Morgan fingerprint density at radius 3 is 2.94 bits per heavy atom. The van der Waals surface area contributed by atoms with Gasteiger partial charge in [0.15, 0.2) is 5.49 Å². The summed E-state index contributed by atoms with van der Waals surface area (Å²) in [5.74, 6) is 0. The summed E-state index contributed by atoms with van der Waals surface area (Å²) in [6.45, 7) is 0. The molecule has 16 heavy (non-hydrogen) atoms. The van der Waals surface area contributed by atoms with Gasteiger partial charge in [-0.3, -0.25) is 0 Å². The molecule has 1 aliphatic carbocycles. The summed E-state index contributed by atoms with van der Waals surface area (Å²) in [4.78, 5) is 9.10. The lowest BCUT2D eigenvalue weighted by molar-refractivity contribution is 1.15. The third-order valence-corrected chi connectivity index (χ3v) is 3.01. The molecule has 2 nitrogen and oxygen atoms in total. The van der Waals surface area contributed by atoms with E-state index in [4.69, 9.17) is 0 Å². The lowest BCUT2D eigenvalue weighted by Gasteiger charge is -1.98. The fourth-order valence-corrected chi connectivity index (χ4v) is 2.24. The van der Waals surface area contributed by atoms with E-state index in [0.717, 1.165) is 22.4 Å². The third-order valence-electron chi connectivity index (χ3n) is 3.01. The van der Waals surface area contributed by atoms with Crippen LogP contribution < -0.4 is 10.7 Å². The molecule has 2 heterocycles. The molecule has 0 radical (unpaired) electrons. The predicted molar refractivity (Wildman–Crippen MR) is 63.6 cm³/mol. The maximum absolute atomic E-state index is 4.56. The van der Waals surface area contributed by atoms with E-state index in [1.807, 2.05) is 30.4 Å². The molecule has 2 aromatic rings. The van der Waals surface area contributed by atoms with Crippen LogP contribution in [-0.4, -0.2) is 4.98 Å². The number of fused-ring (bicyclic) bond motifs is 4. The van der Waals surface area contributed by atoms with E-state index in [0.29, 0.717) is 0 Å². The molecule has 0 bridgehead atoms. The predicted octanol–water partition coefficient (Wildman–Crippen LogP) is 1.82. The third kappa shape index (κ3) is 0.910. The van der Waals surface area contributed by atoms with Crippen LogP contribution in [0.5, 0.6) is 0 Å². The molecule has 0 spiro atoms. The summed E-state index contributed by atoms with van der Waals surface area (Å²) in [7, 11) is 0. The van der Waals surface area contributed by atoms with Crippen molar-refractivity contribution in [2.75, 3.05) is 0 Å². The number of pyridine rings is 1. The highest BCUT2D eigenvalue weighted by molar-refractivity contribution is 5.79. The van der Waals surface area contributed by atoms with Gasteiger partial charge in [-0.2, -0.15) is 0 Å². The lowest BCUT2D eigenvalue weighted by Crippen LogP contribution is -2.17. The molecule has 1 aromatic carbocycles. The normalized spacial score (nSPS) is 13.8. The van der Waals surface area contributed by atoms with Crippen LogP contribution in [0.3, 0.4) is 0 Å². The van der Waals surface area contributed by atoms with Crippen molar-refractivity contribution in [3.05, 3.63) is 52.8 Å². The number of rotatable bonds is 0. The van der Waals surface area contributed by atoms with Crippen molar-refractivity contribution < 1.29 is 0 Å². The van der Waals surface area contributed by atoms with Gasteiger partial charge in [0, 0.05) is 16.3 Å². The first kappa shape index (κ1) is 7.99. The van der Waals surface area contributed by atoms with Gasteiger partial charge in [-0.1, -0.05) is 30.4 Å². The monoisotopic (exact) mass is 204 g/mol. The lowest BCUT2D eigenvalue weighted by atomic mass is 10.1. The van der Waals surface area contributed by atoms with Gasteiger partial charge in [0.2, 0.25) is 0 Å². The number of para-hydroxylation sites is 1. The van der Waals surface area contributed by atoms with E-state index in [2.05, 4.69) is 28.2 Å². The Morgan fingerprint density at radius 2 is 1.94 bits per heavy atom. The van der Waals surface area contributed by atoms with Crippen molar-refractivity contribution in [1.29, 1.82) is 0 Å². The Bertz CT molecular complexity index is 755. The Labute approximate surface area is 92.3 Å². The molecular weight excluding hydrogens is 196 g/mol. The van der Waals surface area contributed by atoms with Crippen LogP contribution in [0.15, 0.2) is 41.4 Å². The minimum atomic E-state index is 0.847. The summed E-state index contributed by atoms with van der Waals surface area (Å²) >= 11 is 0. The first-order valence-corrected chi connectivity index (χ1v) is 5.29. The van der Waals surface area contributed by atoms with E-state index >= 15 is 0 Å². The standard InChI is InChI=1S/C14H8N2/c1-2-6-13-10(5-1)11-8-9-4-3-7-12(9)15-14(11)16-13/h1-8H. The second-order valence-corrected chi connectivity index (χ2v) is 3.99. The Hall–Kier alpha value is -2.22. The molecule has 74 valence electrons. The van der Waals surface area contributed by atoms with E-state index in [1.165, 1.54) is 10.8 Å². The second-order valence-electron chi connectivity index (χ2n) is 3.99. The molecule has 1 aliphatic heterocycles. The first-order chi connectivity index (χ1) is 7.92. The molecule has 0 unspecified atom stereocenters. The zero-order valence-electron chi connectivity index (χ0n) is 8.51. The van der Waals surface area contributed by atoms with Crippen LogP contribution in [0.1, 0.15) is 5.69 Å². The molecule has 0 amide bonds. The van der Waals surface area contributed by atoms with Crippen LogP contribution in [0.2, 0.25) is 0 Å². The van der Waals surface area contributed by atoms with Gasteiger partial charge in [0.05, 0.1) is 11.4 Å². The van der Waals surface area contributed by atoms with Gasteiger partial charge in [0.1, 0.15) is 0 Å². The zero-order chi connectivity index (χ0) is 10.5. The van der Waals surface area contributed by atoms with Crippen LogP contribution in [0, 0.1) is 0 Å². The zero-order valence-corrected chi connectivity index (χ0v) is 8.51.